The zero-order valence-corrected chi connectivity index (χ0v) is 12.7. The number of rotatable bonds is 7. The van der Waals surface area contributed by atoms with Gasteiger partial charge in [-0.25, -0.2) is 0 Å². The SMILES string of the molecule is CCNC(=O)c1ccc(OCCC(C)(C)OC)c(N)c1. The summed E-state index contributed by atoms with van der Waals surface area (Å²) < 4.78 is 11.0. The van der Waals surface area contributed by atoms with Crippen molar-refractivity contribution < 1.29 is 14.3 Å². The third-order valence-corrected chi connectivity index (χ3v) is 3.12. The molecule has 0 unspecified atom stereocenters. The van der Waals surface area contributed by atoms with Gasteiger partial charge in [0.1, 0.15) is 5.75 Å². The summed E-state index contributed by atoms with van der Waals surface area (Å²) in [5, 5.41) is 2.73. The van der Waals surface area contributed by atoms with Crippen molar-refractivity contribution in [2.45, 2.75) is 32.8 Å². The van der Waals surface area contributed by atoms with E-state index < -0.39 is 0 Å². The van der Waals surface area contributed by atoms with Gasteiger partial charge in [0.25, 0.3) is 5.91 Å². The molecule has 0 spiro atoms. The van der Waals surface area contributed by atoms with Crippen molar-refractivity contribution in [2.75, 3.05) is 26.0 Å². The Labute approximate surface area is 120 Å². The number of benzene rings is 1. The minimum atomic E-state index is -0.226. The smallest absolute Gasteiger partial charge is 0.251 e. The summed E-state index contributed by atoms with van der Waals surface area (Å²) >= 11 is 0. The van der Waals surface area contributed by atoms with Crippen molar-refractivity contribution >= 4 is 11.6 Å². The summed E-state index contributed by atoms with van der Waals surface area (Å²) in [6.45, 7) is 6.96. The van der Waals surface area contributed by atoms with Gasteiger partial charge < -0.3 is 20.5 Å². The first-order valence-electron chi connectivity index (χ1n) is 6.75. The predicted molar refractivity (Wildman–Crippen MR) is 80.1 cm³/mol. The molecule has 3 N–H and O–H groups in total. The van der Waals surface area contributed by atoms with Gasteiger partial charge in [0, 0.05) is 25.6 Å². The van der Waals surface area contributed by atoms with Gasteiger partial charge in [-0.3, -0.25) is 4.79 Å². The molecule has 0 radical (unpaired) electrons. The van der Waals surface area contributed by atoms with E-state index in [1.807, 2.05) is 20.8 Å². The van der Waals surface area contributed by atoms with E-state index in [1.54, 1.807) is 25.3 Å². The molecule has 1 amide bonds. The van der Waals surface area contributed by atoms with Gasteiger partial charge >= 0.3 is 0 Å². The van der Waals surface area contributed by atoms with Crippen molar-refractivity contribution in [2.24, 2.45) is 0 Å². The summed E-state index contributed by atoms with van der Waals surface area (Å²) in [6, 6.07) is 5.06. The quantitative estimate of drug-likeness (QED) is 0.751. The van der Waals surface area contributed by atoms with Crippen molar-refractivity contribution in [3.63, 3.8) is 0 Å². The van der Waals surface area contributed by atoms with Crippen LogP contribution in [0.15, 0.2) is 18.2 Å². The Kier molecular flexibility index (Phi) is 5.82. The second-order valence-corrected chi connectivity index (χ2v) is 5.17. The standard InChI is InChI=1S/C15H24N2O3/c1-5-17-14(18)11-6-7-13(12(16)10-11)20-9-8-15(2,3)19-4/h6-7,10H,5,8-9,16H2,1-4H3,(H,17,18). The fraction of sp³-hybridized carbons (Fsp3) is 0.533. The number of hydrogen-bond donors (Lipinski definition) is 2. The van der Waals surface area contributed by atoms with E-state index >= 15 is 0 Å². The van der Waals surface area contributed by atoms with Crippen molar-refractivity contribution in [1.29, 1.82) is 0 Å². The highest BCUT2D eigenvalue weighted by atomic mass is 16.5. The number of nitrogen functional groups attached to an aromatic ring is 1. The van der Waals surface area contributed by atoms with E-state index in [2.05, 4.69) is 5.32 Å². The number of hydrogen-bond acceptors (Lipinski definition) is 4. The molecule has 1 aromatic carbocycles. The number of methoxy groups -OCH3 is 1. The van der Waals surface area contributed by atoms with Gasteiger partial charge in [0.05, 0.1) is 17.9 Å². The number of amides is 1. The van der Waals surface area contributed by atoms with Crippen molar-refractivity contribution in [1.82, 2.24) is 5.32 Å². The summed E-state index contributed by atoms with van der Waals surface area (Å²) in [5.74, 6) is 0.455. The normalized spacial score (nSPS) is 11.2. The molecule has 0 saturated heterocycles. The van der Waals surface area contributed by atoms with Crippen molar-refractivity contribution in [3.8, 4) is 5.75 Å². The topological polar surface area (TPSA) is 73.6 Å². The lowest BCUT2D eigenvalue weighted by Crippen LogP contribution is -2.25. The number of anilines is 1. The molecule has 5 nitrogen and oxygen atoms in total. The average Bonchev–Trinajstić information content (AvgIpc) is 2.40. The second kappa shape index (κ2) is 7.14. The van der Waals surface area contributed by atoms with Crippen LogP contribution < -0.4 is 15.8 Å². The molecule has 0 aliphatic carbocycles. The molecule has 0 saturated carbocycles. The van der Waals surface area contributed by atoms with Crippen molar-refractivity contribution in [3.05, 3.63) is 23.8 Å². The molecule has 0 aliphatic rings. The molecule has 0 heterocycles. The zero-order chi connectivity index (χ0) is 15.2. The van der Waals surface area contributed by atoms with Crippen LogP contribution in [0.2, 0.25) is 0 Å². The lowest BCUT2D eigenvalue weighted by Gasteiger charge is -2.22. The Hall–Kier alpha value is -1.75. The van der Waals surface area contributed by atoms with Gasteiger partial charge in [-0.15, -0.1) is 0 Å². The molecule has 1 aromatic rings. The highest BCUT2D eigenvalue weighted by Gasteiger charge is 2.16. The largest absolute Gasteiger partial charge is 0.491 e. The minimum absolute atomic E-state index is 0.133. The predicted octanol–water partition coefficient (Wildman–Crippen LogP) is 2.21. The molecule has 0 aliphatic heterocycles. The first-order valence-corrected chi connectivity index (χ1v) is 6.75. The van der Waals surface area contributed by atoms with E-state index in [-0.39, 0.29) is 11.5 Å². The molecule has 20 heavy (non-hydrogen) atoms. The van der Waals surface area contributed by atoms with E-state index in [0.29, 0.717) is 30.2 Å². The molecular formula is C15H24N2O3. The third-order valence-electron chi connectivity index (χ3n) is 3.12. The van der Waals surface area contributed by atoms with E-state index in [9.17, 15) is 4.79 Å². The van der Waals surface area contributed by atoms with Crippen LogP contribution in [0, 0.1) is 0 Å². The van der Waals surface area contributed by atoms with E-state index in [4.69, 9.17) is 15.2 Å². The summed E-state index contributed by atoms with van der Waals surface area (Å²) in [7, 11) is 1.68. The number of carbonyl (C=O) groups is 1. The molecule has 0 fully saturated rings. The highest BCUT2D eigenvalue weighted by molar-refractivity contribution is 5.95. The van der Waals surface area contributed by atoms with E-state index in [1.165, 1.54) is 0 Å². The lowest BCUT2D eigenvalue weighted by atomic mass is 10.1. The maximum Gasteiger partial charge on any atom is 0.251 e. The van der Waals surface area contributed by atoms with Crippen LogP contribution in [0.25, 0.3) is 0 Å². The fourth-order valence-electron chi connectivity index (χ4n) is 1.59. The van der Waals surface area contributed by atoms with Gasteiger partial charge in [0.15, 0.2) is 0 Å². The minimum Gasteiger partial charge on any atom is -0.491 e. The fourth-order valence-corrected chi connectivity index (χ4v) is 1.59. The monoisotopic (exact) mass is 280 g/mol. The van der Waals surface area contributed by atoms with E-state index in [0.717, 1.165) is 6.42 Å². The molecule has 5 heteroatoms. The Morgan fingerprint density at radius 3 is 2.65 bits per heavy atom. The summed E-state index contributed by atoms with van der Waals surface area (Å²) in [6.07, 6.45) is 0.751. The van der Waals surface area contributed by atoms with Crippen LogP contribution >= 0.6 is 0 Å². The summed E-state index contributed by atoms with van der Waals surface area (Å²) in [5.41, 5.74) is 6.67. The molecule has 0 aromatic heterocycles. The van der Waals surface area contributed by atoms with Crippen LogP contribution in [0.3, 0.4) is 0 Å². The van der Waals surface area contributed by atoms with Gasteiger partial charge in [-0.2, -0.15) is 0 Å². The van der Waals surface area contributed by atoms with Gasteiger partial charge in [0.2, 0.25) is 0 Å². The highest BCUT2D eigenvalue weighted by Crippen LogP contribution is 2.23. The molecule has 0 bridgehead atoms. The lowest BCUT2D eigenvalue weighted by molar-refractivity contribution is 0.00551. The number of nitrogens with one attached hydrogen (secondary N) is 1. The number of ether oxygens (including phenoxy) is 2. The molecule has 0 atom stereocenters. The maximum absolute atomic E-state index is 11.7. The zero-order valence-electron chi connectivity index (χ0n) is 12.7. The maximum atomic E-state index is 11.7. The first kappa shape index (κ1) is 16.3. The Bertz CT molecular complexity index is 458. The first-order chi connectivity index (χ1) is 9.39. The Morgan fingerprint density at radius 1 is 1.40 bits per heavy atom. The average molecular weight is 280 g/mol. The van der Waals surface area contributed by atoms with Gasteiger partial charge in [-0.1, -0.05) is 0 Å². The molecular weight excluding hydrogens is 256 g/mol. The van der Waals surface area contributed by atoms with Crippen LogP contribution in [0.1, 0.15) is 37.6 Å². The molecule has 1 rings (SSSR count). The number of carbonyl (C=O) groups excluding carboxylic acids is 1. The van der Waals surface area contributed by atoms with Crippen LogP contribution in [0.4, 0.5) is 5.69 Å². The second-order valence-electron chi connectivity index (χ2n) is 5.17. The van der Waals surface area contributed by atoms with Crippen LogP contribution in [-0.2, 0) is 4.74 Å². The Balaban J connectivity index is 2.62. The number of nitrogens with two attached hydrogens (primary N) is 1. The van der Waals surface area contributed by atoms with Gasteiger partial charge in [-0.05, 0) is 39.0 Å². The third kappa shape index (κ3) is 4.74. The van der Waals surface area contributed by atoms with Crippen LogP contribution in [0.5, 0.6) is 5.75 Å². The summed E-state index contributed by atoms with van der Waals surface area (Å²) in [4.78, 5) is 11.7. The molecule has 112 valence electrons. The Morgan fingerprint density at radius 2 is 2.10 bits per heavy atom. The van der Waals surface area contributed by atoms with Crippen LogP contribution in [-0.4, -0.2) is 31.8 Å².